The van der Waals surface area contributed by atoms with Gasteiger partial charge in [-0.25, -0.2) is 0 Å². The SMILES string of the molecule is CCC1(C)Oc2ccccc2-c2sc3c([n+]2C1(C)CC)CCC=C3. The molecule has 0 saturated heterocycles. The second-order valence-corrected chi connectivity index (χ2v) is 8.34. The molecule has 4 rings (SSSR count). The fourth-order valence-corrected chi connectivity index (χ4v) is 5.59. The predicted molar refractivity (Wildman–Crippen MR) is 101 cm³/mol. The molecule has 0 fully saturated rings. The van der Waals surface area contributed by atoms with Crippen LogP contribution in [0.2, 0.25) is 0 Å². The molecule has 1 aromatic heterocycles. The minimum atomic E-state index is -0.232. The summed E-state index contributed by atoms with van der Waals surface area (Å²) in [5.41, 5.74) is 2.43. The van der Waals surface area contributed by atoms with Crippen molar-refractivity contribution >= 4 is 17.4 Å². The lowest BCUT2D eigenvalue weighted by Crippen LogP contribution is -2.68. The quantitative estimate of drug-likeness (QED) is 0.672. The molecule has 3 heteroatoms. The largest absolute Gasteiger partial charge is 0.479 e. The highest BCUT2D eigenvalue weighted by atomic mass is 32.1. The molecule has 0 spiro atoms. The van der Waals surface area contributed by atoms with Gasteiger partial charge < -0.3 is 4.74 Å². The van der Waals surface area contributed by atoms with Gasteiger partial charge in [-0.3, -0.25) is 0 Å². The van der Waals surface area contributed by atoms with Gasteiger partial charge in [0.25, 0.3) is 5.01 Å². The van der Waals surface area contributed by atoms with Crippen LogP contribution in [0.3, 0.4) is 0 Å². The molecule has 0 bridgehead atoms. The number of hydrogen-bond donors (Lipinski definition) is 0. The molecule has 0 saturated carbocycles. The van der Waals surface area contributed by atoms with E-state index in [0.29, 0.717) is 0 Å². The lowest BCUT2D eigenvalue weighted by molar-refractivity contribution is -0.768. The van der Waals surface area contributed by atoms with Crippen molar-refractivity contribution in [1.29, 1.82) is 0 Å². The van der Waals surface area contributed by atoms with Gasteiger partial charge in [-0.05, 0) is 38.0 Å². The third-order valence-electron chi connectivity index (χ3n) is 6.23. The molecule has 126 valence electrons. The van der Waals surface area contributed by atoms with Gasteiger partial charge in [-0.2, -0.15) is 4.57 Å². The molecule has 2 aromatic rings. The number of aromatic nitrogens is 1. The van der Waals surface area contributed by atoms with E-state index < -0.39 is 0 Å². The lowest BCUT2D eigenvalue weighted by Gasteiger charge is -2.40. The van der Waals surface area contributed by atoms with Crippen molar-refractivity contribution in [3.63, 3.8) is 0 Å². The number of fused-ring (bicyclic) bond motifs is 5. The number of allylic oxidation sites excluding steroid dienone is 1. The van der Waals surface area contributed by atoms with Crippen LogP contribution in [-0.4, -0.2) is 5.60 Å². The first-order valence-corrected chi connectivity index (χ1v) is 9.89. The highest BCUT2D eigenvalue weighted by molar-refractivity contribution is 7.15. The predicted octanol–water partition coefficient (Wildman–Crippen LogP) is 5.35. The van der Waals surface area contributed by atoms with Crippen molar-refractivity contribution in [2.75, 3.05) is 0 Å². The fourth-order valence-electron chi connectivity index (χ4n) is 4.22. The minimum absolute atomic E-state index is 0.0641. The molecule has 2 nitrogen and oxygen atoms in total. The highest BCUT2D eigenvalue weighted by Crippen LogP contribution is 2.46. The third-order valence-corrected chi connectivity index (χ3v) is 7.42. The van der Waals surface area contributed by atoms with Gasteiger partial charge in [0.15, 0.2) is 5.60 Å². The summed E-state index contributed by atoms with van der Waals surface area (Å²) in [5, 5.41) is 1.35. The number of nitrogens with zero attached hydrogens (tertiary/aromatic N) is 1. The molecule has 0 amide bonds. The molecule has 0 N–H and O–H groups in total. The number of rotatable bonds is 2. The number of benzene rings is 1. The van der Waals surface area contributed by atoms with Crippen LogP contribution in [0.25, 0.3) is 16.6 Å². The molecule has 1 aliphatic carbocycles. The first-order chi connectivity index (χ1) is 11.5. The number of hydrogen-bond acceptors (Lipinski definition) is 2. The molecule has 2 atom stereocenters. The smallest absolute Gasteiger partial charge is 0.274 e. The fraction of sp³-hybridized carbons (Fsp3) is 0.476. The van der Waals surface area contributed by atoms with Crippen molar-refractivity contribution in [1.82, 2.24) is 0 Å². The van der Waals surface area contributed by atoms with E-state index in [-0.39, 0.29) is 11.1 Å². The van der Waals surface area contributed by atoms with Gasteiger partial charge in [0, 0.05) is 19.8 Å². The van der Waals surface area contributed by atoms with Gasteiger partial charge in [-0.1, -0.05) is 43.4 Å². The summed E-state index contributed by atoms with van der Waals surface area (Å²) >= 11 is 1.92. The van der Waals surface area contributed by atoms with Crippen LogP contribution < -0.4 is 9.30 Å². The lowest BCUT2D eigenvalue weighted by atomic mass is 9.77. The Balaban J connectivity index is 2.11. The third kappa shape index (κ3) is 1.97. The van der Waals surface area contributed by atoms with Crippen LogP contribution in [0.5, 0.6) is 5.75 Å². The number of thiazole rings is 1. The first kappa shape index (κ1) is 15.9. The molecule has 24 heavy (non-hydrogen) atoms. The maximum absolute atomic E-state index is 6.70. The zero-order valence-corrected chi connectivity index (χ0v) is 15.9. The van der Waals surface area contributed by atoms with Crippen molar-refractivity contribution in [3.8, 4) is 16.3 Å². The molecule has 2 aliphatic rings. The number of para-hydroxylation sites is 1. The maximum atomic E-state index is 6.70. The van der Waals surface area contributed by atoms with Gasteiger partial charge >= 0.3 is 0 Å². The van der Waals surface area contributed by atoms with Crippen LogP contribution in [-0.2, 0) is 12.0 Å². The molecule has 0 radical (unpaired) electrons. The summed E-state index contributed by atoms with van der Waals surface area (Å²) in [5.74, 6) is 1.02. The van der Waals surface area contributed by atoms with E-state index >= 15 is 0 Å². The standard InChI is InChI=1S/C21H26NOS/c1-5-20(3)21(4,6-2)23-17-13-9-7-11-15(17)19-22(20)16-12-8-10-14-18(16)24-19/h7,9-11,13-14H,5-6,8,12H2,1-4H3/q+1. The summed E-state index contributed by atoms with van der Waals surface area (Å²) in [6, 6.07) is 8.55. The second-order valence-electron chi connectivity index (χ2n) is 7.30. The minimum Gasteiger partial charge on any atom is -0.479 e. The Morgan fingerprint density at radius 1 is 1.17 bits per heavy atom. The van der Waals surface area contributed by atoms with Crippen LogP contribution in [0.15, 0.2) is 30.3 Å². The van der Waals surface area contributed by atoms with Crippen LogP contribution in [0.4, 0.5) is 0 Å². The average molecular weight is 341 g/mol. The van der Waals surface area contributed by atoms with Crippen LogP contribution in [0, 0.1) is 0 Å². The Hall–Kier alpha value is -1.61. The molecule has 1 aromatic carbocycles. The van der Waals surface area contributed by atoms with E-state index in [4.69, 9.17) is 4.74 Å². The highest BCUT2D eigenvalue weighted by Gasteiger charge is 2.57. The Morgan fingerprint density at radius 2 is 1.96 bits per heavy atom. The summed E-state index contributed by atoms with van der Waals surface area (Å²) in [4.78, 5) is 1.42. The van der Waals surface area contributed by atoms with Crippen LogP contribution in [0.1, 0.15) is 57.5 Å². The van der Waals surface area contributed by atoms with E-state index in [1.54, 1.807) is 0 Å². The first-order valence-electron chi connectivity index (χ1n) is 9.07. The monoisotopic (exact) mass is 340 g/mol. The van der Waals surface area contributed by atoms with Crippen molar-refractivity contribution in [3.05, 3.63) is 40.9 Å². The molecular weight excluding hydrogens is 314 g/mol. The summed E-state index contributed by atoms with van der Waals surface area (Å²) in [7, 11) is 0. The van der Waals surface area contributed by atoms with Gasteiger partial charge in [0.05, 0.1) is 5.56 Å². The van der Waals surface area contributed by atoms with Crippen molar-refractivity contribution in [2.45, 2.75) is 64.5 Å². The average Bonchev–Trinajstić information content (AvgIpc) is 2.97. The molecule has 2 unspecified atom stereocenters. The van der Waals surface area contributed by atoms with E-state index in [9.17, 15) is 0 Å². The number of ether oxygens (including phenoxy) is 1. The van der Waals surface area contributed by atoms with Gasteiger partial charge in [0.1, 0.15) is 10.6 Å². The topological polar surface area (TPSA) is 13.1 Å². The second kappa shape index (κ2) is 5.45. The van der Waals surface area contributed by atoms with E-state index in [2.05, 4.69) is 68.7 Å². The molecule has 1 aliphatic heterocycles. The van der Waals surface area contributed by atoms with E-state index in [1.807, 2.05) is 11.3 Å². The Morgan fingerprint density at radius 3 is 2.71 bits per heavy atom. The molecular formula is C21H26NOS+. The molecule has 2 heterocycles. The van der Waals surface area contributed by atoms with E-state index in [0.717, 1.165) is 31.4 Å². The van der Waals surface area contributed by atoms with Crippen molar-refractivity contribution in [2.24, 2.45) is 0 Å². The normalized spacial score (nSPS) is 27.7. The Bertz CT molecular complexity index is 821. The zero-order valence-electron chi connectivity index (χ0n) is 15.1. The zero-order chi connectivity index (χ0) is 16.9. The summed E-state index contributed by atoms with van der Waals surface area (Å²) < 4.78 is 9.33. The summed E-state index contributed by atoms with van der Waals surface area (Å²) in [6.07, 6.45) is 8.92. The van der Waals surface area contributed by atoms with Gasteiger partial charge in [0.2, 0.25) is 11.2 Å². The van der Waals surface area contributed by atoms with Gasteiger partial charge in [-0.15, -0.1) is 0 Å². The Labute approximate surface area is 148 Å². The summed E-state index contributed by atoms with van der Waals surface area (Å²) in [6.45, 7) is 9.23. The van der Waals surface area contributed by atoms with Crippen LogP contribution >= 0.6 is 11.3 Å². The maximum Gasteiger partial charge on any atom is 0.274 e. The van der Waals surface area contributed by atoms with Crippen molar-refractivity contribution < 1.29 is 9.30 Å². The Kier molecular flexibility index (Phi) is 3.61. The van der Waals surface area contributed by atoms with E-state index in [1.165, 1.54) is 21.1 Å².